The summed E-state index contributed by atoms with van der Waals surface area (Å²) in [5.41, 5.74) is 5.45. The van der Waals surface area contributed by atoms with Crippen molar-refractivity contribution in [3.05, 3.63) is 35.1 Å². The third-order valence-corrected chi connectivity index (χ3v) is 7.74. The van der Waals surface area contributed by atoms with Crippen LogP contribution in [0.15, 0.2) is 24.4 Å². The minimum atomic E-state index is -0.861. The van der Waals surface area contributed by atoms with Gasteiger partial charge >= 0.3 is 22.7 Å². The van der Waals surface area contributed by atoms with E-state index < -0.39 is 12.0 Å². The smallest absolute Gasteiger partial charge is 0.684 e. The van der Waals surface area contributed by atoms with E-state index in [0.717, 1.165) is 19.6 Å². The Kier molecular flexibility index (Phi) is 15.2. The Hall–Kier alpha value is -0.904. The molecule has 0 bridgehead atoms. The first kappa shape index (κ1) is 30.3. The summed E-state index contributed by atoms with van der Waals surface area (Å²) in [5.74, 6) is -0.301. The van der Waals surface area contributed by atoms with Crippen molar-refractivity contribution in [2.24, 2.45) is 11.7 Å². The van der Waals surface area contributed by atoms with Gasteiger partial charge in [-0.15, -0.1) is 12.6 Å². The van der Waals surface area contributed by atoms with Crippen LogP contribution in [0.1, 0.15) is 83.5 Å². The molecule has 35 heavy (non-hydrogen) atoms. The molecule has 1 saturated heterocycles. The molecule has 8 heteroatoms. The summed E-state index contributed by atoms with van der Waals surface area (Å²) in [6.45, 7) is 3.10. The summed E-state index contributed by atoms with van der Waals surface area (Å²) in [7, 11) is 0. The molecule has 4 aliphatic rings. The number of hydrogen-bond acceptors (Lipinski definition) is 4. The topological polar surface area (TPSA) is 116 Å². The quantitative estimate of drug-likeness (QED) is 0.347. The van der Waals surface area contributed by atoms with Gasteiger partial charge in [-0.1, -0.05) is 88.5 Å². The summed E-state index contributed by atoms with van der Waals surface area (Å²) >= 11 is 0. The number of allylic oxidation sites excluding steroid dienone is 2. The van der Waals surface area contributed by atoms with Crippen molar-refractivity contribution in [3.8, 4) is 0 Å². The Morgan fingerprint density at radius 1 is 0.914 bits per heavy atom. The van der Waals surface area contributed by atoms with Crippen LogP contribution >= 0.6 is 0 Å². The summed E-state index contributed by atoms with van der Waals surface area (Å²) in [4.78, 5) is 10.4. The molecule has 2 aliphatic heterocycles. The second kappa shape index (κ2) is 17.5. The Morgan fingerprint density at radius 3 is 2.17 bits per heavy atom. The summed E-state index contributed by atoms with van der Waals surface area (Å²) < 4.78 is 0. The maximum absolute atomic E-state index is 10.4. The van der Waals surface area contributed by atoms with Crippen LogP contribution in [0, 0.1) is 5.92 Å². The van der Waals surface area contributed by atoms with Gasteiger partial charge in [-0.3, -0.25) is 4.79 Å². The molecular formula is C27H47CoN5O2. The Bertz CT molecular complexity index is 635. The number of nitrogens with zero attached hydrogens (tertiary/aromatic N) is 2. The Morgan fingerprint density at radius 2 is 1.57 bits per heavy atom. The summed E-state index contributed by atoms with van der Waals surface area (Å²) in [5, 5.41) is 25.4. The molecule has 201 valence electrons. The van der Waals surface area contributed by atoms with Crippen LogP contribution in [0.25, 0.3) is 10.6 Å². The van der Waals surface area contributed by atoms with Crippen molar-refractivity contribution >= 4 is 5.97 Å². The monoisotopic (exact) mass is 532 g/mol. The molecule has 2 aliphatic carbocycles. The standard InChI is InChI=1S/C18H30N4.C9H17NO2.Co/c1-2-10-18(22-14-16-8-4-6-12-20-16)17(9-1)21-13-15-7-3-5-11-19-15;10-8(9(11)12)6-7-4-2-1-3-5-7;/h3,5,7,11,15-18,21-22H,1-2,4,6,8-10,12-14H2;7-8H,1-6,10H2,(H,11,12);/q-2;;+2. The number of piperidine rings is 1. The van der Waals surface area contributed by atoms with Crippen molar-refractivity contribution in [1.29, 1.82) is 0 Å². The van der Waals surface area contributed by atoms with Crippen LogP contribution < -0.4 is 16.4 Å². The largest absolute Gasteiger partial charge is 2.00 e. The van der Waals surface area contributed by atoms with Crippen LogP contribution in [-0.2, 0) is 21.6 Å². The molecule has 5 unspecified atom stereocenters. The fourth-order valence-electron chi connectivity index (χ4n) is 5.66. The zero-order chi connectivity index (χ0) is 24.0. The maximum atomic E-state index is 10.4. The number of hydrogen-bond donors (Lipinski definition) is 4. The van der Waals surface area contributed by atoms with Gasteiger partial charge in [0.25, 0.3) is 0 Å². The first-order valence-electron chi connectivity index (χ1n) is 13.8. The van der Waals surface area contributed by atoms with E-state index in [1.165, 1.54) is 77.0 Å². The third-order valence-electron chi connectivity index (χ3n) is 7.74. The minimum Gasteiger partial charge on any atom is -0.684 e. The van der Waals surface area contributed by atoms with Crippen LogP contribution in [0.3, 0.4) is 0 Å². The van der Waals surface area contributed by atoms with E-state index in [2.05, 4.69) is 28.1 Å². The van der Waals surface area contributed by atoms with Crippen molar-refractivity contribution in [1.82, 2.24) is 10.6 Å². The van der Waals surface area contributed by atoms with Crippen LogP contribution in [0.5, 0.6) is 0 Å². The van der Waals surface area contributed by atoms with Gasteiger partial charge < -0.3 is 32.1 Å². The van der Waals surface area contributed by atoms with Crippen LogP contribution in [-0.4, -0.2) is 60.9 Å². The van der Waals surface area contributed by atoms with Crippen LogP contribution in [0.2, 0.25) is 0 Å². The van der Waals surface area contributed by atoms with Gasteiger partial charge in [0.15, 0.2) is 0 Å². The Balaban J connectivity index is 0.000000284. The van der Waals surface area contributed by atoms with Crippen LogP contribution in [0.4, 0.5) is 0 Å². The fourth-order valence-corrected chi connectivity index (χ4v) is 5.66. The first-order valence-corrected chi connectivity index (χ1v) is 13.8. The number of carboxylic acids is 1. The molecule has 4 rings (SSSR count). The van der Waals surface area contributed by atoms with Crippen molar-refractivity contribution < 1.29 is 26.7 Å². The van der Waals surface area contributed by atoms with Gasteiger partial charge in [0.05, 0.1) is 0 Å². The average molecular weight is 533 g/mol. The molecule has 0 aromatic heterocycles. The second-order valence-corrected chi connectivity index (χ2v) is 10.5. The fraction of sp³-hybridized carbons (Fsp3) is 0.815. The number of rotatable bonds is 9. The zero-order valence-electron chi connectivity index (χ0n) is 21.2. The molecule has 7 nitrogen and oxygen atoms in total. The number of nitrogens with one attached hydrogen (secondary N) is 2. The minimum absolute atomic E-state index is 0. The predicted molar refractivity (Wildman–Crippen MR) is 140 cm³/mol. The Labute approximate surface area is 223 Å². The van der Waals surface area contributed by atoms with E-state index in [1.807, 2.05) is 12.3 Å². The van der Waals surface area contributed by atoms with E-state index >= 15 is 0 Å². The van der Waals surface area contributed by atoms with Gasteiger partial charge in [-0.25, -0.2) is 0 Å². The number of aliphatic carboxylic acids is 1. The van der Waals surface area contributed by atoms with E-state index in [9.17, 15) is 4.79 Å². The molecule has 2 heterocycles. The number of carbonyl (C=O) groups is 1. The SMILES string of the molecule is C1=C[N-]C(CNC2CCCCC2NCC2CCCC[N-]2)C=C1.NC(CC1CCCCC1)C(=O)O.[Co+2]. The molecule has 2 saturated carbocycles. The van der Waals surface area contributed by atoms with Crippen molar-refractivity contribution in [2.45, 2.75) is 114 Å². The van der Waals surface area contributed by atoms with E-state index in [-0.39, 0.29) is 16.8 Å². The van der Waals surface area contributed by atoms with Gasteiger partial charge in [0, 0.05) is 12.1 Å². The summed E-state index contributed by atoms with van der Waals surface area (Å²) in [6.07, 6.45) is 24.2. The predicted octanol–water partition coefficient (Wildman–Crippen LogP) is 4.60. The molecule has 0 aromatic carbocycles. The number of carboxylic acid groups (broad SMARTS) is 1. The molecule has 0 amide bonds. The van der Waals surface area contributed by atoms with Gasteiger partial charge in [-0.05, 0) is 38.3 Å². The van der Waals surface area contributed by atoms with E-state index in [1.54, 1.807) is 0 Å². The molecule has 1 radical (unpaired) electrons. The molecule has 3 fully saturated rings. The summed E-state index contributed by atoms with van der Waals surface area (Å²) in [6, 6.07) is 1.41. The molecule has 0 spiro atoms. The maximum Gasteiger partial charge on any atom is 2.00 e. The van der Waals surface area contributed by atoms with E-state index in [0.29, 0.717) is 36.5 Å². The molecule has 5 N–H and O–H groups in total. The van der Waals surface area contributed by atoms with Gasteiger partial charge in [-0.2, -0.15) is 6.20 Å². The molecule has 5 atom stereocenters. The third kappa shape index (κ3) is 11.8. The zero-order valence-corrected chi connectivity index (χ0v) is 22.3. The number of nitrogens with two attached hydrogens (primary N) is 1. The first-order chi connectivity index (χ1) is 16.6. The van der Waals surface area contributed by atoms with Gasteiger partial charge in [0.2, 0.25) is 0 Å². The van der Waals surface area contributed by atoms with Crippen molar-refractivity contribution in [2.75, 3.05) is 19.6 Å². The van der Waals surface area contributed by atoms with Gasteiger partial charge in [0.1, 0.15) is 6.04 Å². The average Bonchev–Trinajstić information content (AvgIpc) is 2.89. The molecule has 0 aromatic rings. The molecular weight excluding hydrogens is 485 g/mol. The van der Waals surface area contributed by atoms with Crippen molar-refractivity contribution in [3.63, 3.8) is 0 Å². The van der Waals surface area contributed by atoms with E-state index in [4.69, 9.17) is 16.2 Å². The second-order valence-electron chi connectivity index (χ2n) is 10.5. The normalized spacial score (nSPS) is 29.7.